The van der Waals surface area contributed by atoms with E-state index in [1.807, 2.05) is 31.2 Å². The molecule has 1 fully saturated rings. The number of hydrogen-bond donors (Lipinski definition) is 1. The smallest absolute Gasteiger partial charge is 0.364 e. The van der Waals surface area contributed by atoms with E-state index >= 15 is 0 Å². The van der Waals surface area contributed by atoms with Gasteiger partial charge in [-0.25, -0.2) is 4.79 Å². The lowest BCUT2D eigenvalue weighted by atomic mass is 10.0. The van der Waals surface area contributed by atoms with Gasteiger partial charge in [0.1, 0.15) is 6.54 Å². The fraction of sp³-hybridized carbons (Fsp3) is 0.533. The maximum Gasteiger partial charge on any atom is 0.364 e. The van der Waals surface area contributed by atoms with Crippen LogP contribution in [-0.2, 0) is 16.1 Å². The number of carbonyl (C=O) groups excluding carboxylic acids is 1. The maximum atomic E-state index is 12.0. The molecule has 104 valence electrons. The Morgan fingerprint density at radius 2 is 2.11 bits per heavy atom. The summed E-state index contributed by atoms with van der Waals surface area (Å²) in [6, 6.07) is 7.86. The van der Waals surface area contributed by atoms with E-state index in [9.17, 15) is 4.79 Å². The third-order valence-corrected chi connectivity index (χ3v) is 3.90. The van der Waals surface area contributed by atoms with E-state index in [1.165, 1.54) is 16.9 Å². The van der Waals surface area contributed by atoms with Crippen LogP contribution in [0.1, 0.15) is 31.7 Å². The van der Waals surface area contributed by atoms with Gasteiger partial charge in [0.2, 0.25) is 0 Å². The van der Waals surface area contributed by atoms with Gasteiger partial charge in [-0.05, 0) is 31.9 Å². The molecule has 0 aromatic heterocycles. The summed E-state index contributed by atoms with van der Waals surface area (Å²) in [5.74, 6) is -0.0498. The molecule has 1 saturated heterocycles. The lowest BCUT2D eigenvalue weighted by Gasteiger charge is -2.30. The molecular weight excluding hydrogens is 262 g/mol. The van der Waals surface area contributed by atoms with E-state index in [2.05, 4.69) is 0 Å². The molecule has 1 unspecified atom stereocenters. The van der Waals surface area contributed by atoms with E-state index in [4.69, 9.17) is 16.3 Å². The van der Waals surface area contributed by atoms with Gasteiger partial charge < -0.3 is 9.64 Å². The Balaban J connectivity index is 2.03. The zero-order valence-electron chi connectivity index (χ0n) is 11.3. The van der Waals surface area contributed by atoms with E-state index in [1.54, 1.807) is 0 Å². The molecule has 19 heavy (non-hydrogen) atoms. The van der Waals surface area contributed by atoms with Crippen LogP contribution in [0.25, 0.3) is 0 Å². The van der Waals surface area contributed by atoms with Gasteiger partial charge in [0, 0.05) is 17.0 Å². The quantitative estimate of drug-likeness (QED) is 0.855. The number of hydrogen-bond acceptors (Lipinski definition) is 2. The summed E-state index contributed by atoms with van der Waals surface area (Å²) in [6.07, 6.45) is 3.23. The van der Waals surface area contributed by atoms with Gasteiger partial charge in [0.05, 0.1) is 13.2 Å². The second kappa shape index (κ2) is 6.92. The SMILES string of the molecule is CCOC(=O)[C@H]1CCCC[NH+]1Cc1ccc(Cl)cc1. The number of quaternary nitrogens is 1. The number of halogens is 1. The molecule has 0 spiro atoms. The molecule has 1 aliphatic heterocycles. The Morgan fingerprint density at radius 3 is 2.79 bits per heavy atom. The molecule has 3 nitrogen and oxygen atoms in total. The van der Waals surface area contributed by atoms with Gasteiger partial charge in [0.15, 0.2) is 6.04 Å². The number of rotatable bonds is 4. The van der Waals surface area contributed by atoms with Gasteiger partial charge in [-0.1, -0.05) is 23.7 Å². The van der Waals surface area contributed by atoms with Gasteiger partial charge in [-0.3, -0.25) is 0 Å². The van der Waals surface area contributed by atoms with Crippen LogP contribution in [0, 0.1) is 0 Å². The molecule has 0 bridgehead atoms. The van der Waals surface area contributed by atoms with Crippen molar-refractivity contribution in [3.8, 4) is 0 Å². The van der Waals surface area contributed by atoms with Crippen molar-refractivity contribution >= 4 is 17.6 Å². The van der Waals surface area contributed by atoms with Crippen molar-refractivity contribution in [2.45, 2.75) is 38.8 Å². The van der Waals surface area contributed by atoms with E-state index in [-0.39, 0.29) is 12.0 Å². The molecule has 0 amide bonds. The molecule has 2 atom stereocenters. The first-order valence-corrected chi connectivity index (χ1v) is 7.34. The maximum absolute atomic E-state index is 12.0. The second-order valence-electron chi connectivity index (χ2n) is 5.01. The van der Waals surface area contributed by atoms with Crippen LogP contribution in [0.4, 0.5) is 0 Å². The van der Waals surface area contributed by atoms with Gasteiger partial charge in [-0.15, -0.1) is 0 Å². The topological polar surface area (TPSA) is 30.7 Å². The molecule has 0 aliphatic carbocycles. The lowest BCUT2D eigenvalue weighted by molar-refractivity contribution is -0.935. The first-order valence-electron chi connectivity index (χ1n) is 6.96. The molecule has 1 N–H and O–H groups in total. The van der Waals surface area contributed by atoms with Crippen LogP contribution in [0.2, 0.25) is 5.02 Å². The Morgan fingerprint density at radius 1 is 1.37 bits per heavy atom. The second-order valence-corrected chi connectivity index (χ2v) is 5.45. The van der Waals surface area contributed by atoms with Gasteiger partial charge >= 0.3 is 5.97 Å². The third kappa shape index (κ3) is 3.95. The number of esters is 1. The normalized spacial score (nSPS) is 23.1. The number of benzene rings is 1. The van der Waals surface area contributed by atoms with Crippen LogP contribution in [-0.4, -0.2) is 25.2 Å². The Hall–Kier alpha value is -1.06. The average Bonchev–Trinajstić information content (AvgIpc) is 2.42. The van der Waals surface area contributed by atoms with E-state index in [0.717, 1.165) is 31.0 Å². The molecule has 4 heteroatoms. The first-order chi connectivity index (χ1) is 9.20. The van der Waals surface area contributed by atoms with Crippen molar-refractivity contribution in [2.75, 3.05) is 13.2 Å². The standard InChI is InChI=1S/C15H20ClNO2/c1-2-19-15(18)14-5-3-4-10-17(14)11-12-6-8-13(16)9-7-12/h6-9,14H,2-5,10-11H2,1H3/p+1/t14-/m1/s1. The number of piperidine rings is 1. The Kier molecular flexibility index (Phi) is 5.23. The largest absolute Gasteiger partial charge is 0.462 e. The molecule has 1 aromatic carbocycles. The van der Waals surface area contributed by atoms with Crippen molar-refractivity contribution in [1.82, 2.24) is 0 Å². The van der Waals surface area contributed by atoms with Crippen molar-refractivity contribution in [3.63, 3.8) is 0 Å². The highest BCUT2D eigenvalue weighted by Crippen LogP contribution is 2.10. The van der Waals surface area contributed by atoms with Crippen LogP contribution >= 0.6 is 11.6 Å². The van der Waals surface area contributed by atoms with Crippen molar-refractivity contribution < 1.29 is 14.4 Å². The Labute approximate surface area is 119 Å². The summed E-state index contributed by atoms with van der Waals surface area (Å²) >= 11 is 5.89. The molecule has 1 heterocycles. The minimum Gasteiger partial charge on any atom is -0.462 e. The minimum atomic E-state index is -0.0498. The van der Waals surface area contributed by atoms with Crippen LogP contribution in [0.15, 0.2) is 24.3 Å². The molecular formula is C15H21ClNO2+. The number of nitrogens with one attached hydrogen (secondary N) is 1. The Bertz CT molecular complexity index is 419. The highest BCUT2D eigenvalue weighted by Gasteiger charge is 2.33. The molecule has 1 aromatic rings. The summed E-state index contributed by atoms with van der Waals surface area (Å²) in [7, 11) is 0. The lowest BCUT2D eigenvalue weighted by Crippen LogP contribution is -3.16. The molecule has 2 rings (SSSR count). The fourth-order valence-electron chi connectivity index (χ4n) is 2.68. The predicted molar refractivity (Wildman–Crippen MR) is 75.3 cm³/mol. The van der Waals surface area contributed by atoms with Crippen LogP contribution < -0.4 is 4.90 Å². The van der Waals surface area contributed by atoms with Crippen LogP contribution in [0.5, 0.6) is 0 Å². The zero-order valence-corrected chi connectivity index (χ0v) is 12.1. The average molecular weight is 283 g/mol. The minimum absolute atomic E-state index is 0.00984. The van der Waals surface area contributed by atoms with Crippen molar-refractivity contribution in [3.05, 3.63) is 34.9 Å². The van der Waals surface area contributed by atoms with Gasteiger partial charge in [0.25, 0.3) is 0 Å². The molecule has 0 radical (unpaired) electrons. The van der Waals surface area contributed by atoms with Gasteiger partial charge in [-0.2, -0.15) is 0 Å². The summed E-state index contributed by atoms with van der Waals surface area (Å²) in [6.45, 7) is 4.22. The summed E-state index contributed by atoms with van der Waals surface area (Å²) in [4.78, 5) is 13.3. The number of likely N-dealkylation sites (tertiary alicyclic amines) is 1. The summed E-state index contributed by atoms with van der Waals surface area (Å²) < 4.78 is 5.19. The van der Waals surface area contributed by atoms with E-state index in [0.29, 0.717) is 6.61 Å². The van der Waals surface area contributed by atoms with Crippen molar-refractivity contribution in [1.29, 1.82) is 0 Å². The first kappa shape index (κ1) is 14.4. The highest BCUT2D eigenvalue weighted by molar-refractivity contribution is 6.30. The van der Waals surface area contributed by atoms with E-state index < -0.39 is 0 Å². The predicted octanol–water partition coefficient (Wildman–Crippen LogP) is 1.84. The fourth-order valence-corrected chi connectivity index (χ4v) is 2.81. The monoisotopic (exact) mass is 282 g/mol. The van der Waals surface area contributed by atoms with Crippen LogP contribution in [0.3, 0.4) is 0 Å². The number of carbonyl (C=O) groups is 1. The molecule has 0 saturated carbocycles. The summed E-state index contributed by atoms with van der Waals surface area (Å²) in [5.41, 5.74) is 1.22. The highest BCUT2D eigenvalue weighted by atomic mass is 35.5. The third-order valence-electron chi connectivity index (χ3n) is 3.65. The summed E-state index contributed by atoms with van der Waals surface area (Å²) in [5, 5.41) is 0.749. The van der Waals surface area contributed by atoms with Crippen molar-refractivity contribution in [2.24, 2.45) is 0 Å². The zero-order chi connectivity index (χ0) is 13.7. The number of ether oxygens (including phenoxy) is 1. The molecule has 1 aliphatic rings.